The van der Waals surface area contributed by atoms with Crippen molar-refractivity contribution in [3.05, 3.63) is 22.6 Å². The second-order valence-electron chi connectivity index (χ2n) is 3.68. The highest BCUT2D eigenvalue weighted by molar-refractivity contribution is 9.10. The quantitative estimate of drug-likeness (QED) is 0.796. The maximum Gasteiger partial charge on any atom is 0.229 e. The summed E-state index contributed by atoms with van der Waals surface area (Å²) >= 11 is 3.06. The fourth-order valence-corrected chi connectivity index (χ4v) is 1.97. The predicted molar refractivity (Wildman–Crippen MR) is 59.3 cm³/mol. The van der Waals surface area contributed by atoms with Crippen LogP contribution in [0.3, 0.4) is 0 Å². The van der Waals surface area contributed by atoms with E-state index in [1.54, 1.807) is 12.1 Å². The normalized spacial score (nSPS) is 21.8. The molecule has 5 heteroatoms. The third-order valence-corrected chi connectivity index (χ3v) is 3.10. The molecular weight excluding hydrogens is 263 g/mol. The Morgan fingerprint density at radius 1 is 1.53 bits per heavy atom. The molecule has 2 rings (SSSR count). The van der Waals surface area contributed by atoms with Gasteiger partial charge in [0.2, 0.25) is 5.95 Å². The van der Waals surface area contributed by atoms with Gasteiger partial charge in [-0.3, -0.25) is 0 Å². The van der Waals surface area contributed by atoms with Crippen molar-refractivity contribution < 1.29 is 9.50 Å². The summed E-state index contributed by atoms with van der Waals surface area (Å²) in [6.45, 7) is 1.36. The minimum Gasteiger partial charge on any atom is -0.391 e. The van der Waals surface area contributed by atoms with Crippen molar-refractivity contribution in [2.75, 3.05) is 18.0 Å². The van der Waals surface area contributed by atoms with Crippen molar-refractivity contribution in [2.24, 2.45) is 0 Å². The van der Waals surface area contributed by atoms with Crippen LogP contribution in [0.1, 0.15) is 12.8 Å². The molecule has 1 fully saturated rings. The summed E-state index contributed by atoms with van der Waals surface area (Å²) in [5.74, 6) is 0.0852. The van der Waals surface area contributed by atoms with E-state index in [4.69, 9.17) is 0 Å². The van der Waals surface area contributed by atoms with Crippen LogP contribution >= 0.6 is 15.9 Å². The van der Waals surface area contributed by atoms with Crippen LogP contribution in [0.25, 0.3) is 0 Å². The minimum absolute atomic E-state index is 0.327. The van der Waals surface area contributed by atoms with E-state index in [1.165, 1.54) is 0 Å². The van der Waals surface area contributed by atoms with E-state index in [9.17, 15) is 9.50 Å². The molecule has 0 unspecified atom stereocenters. The molecule has 1 aromatic rings. The summed E-state index contributed by atoms with van der Waals surface area (Å²) in [4.78, 5) is 5.74. The van der Waals surface area contributed by atoms with Crippen molar-refractivity contribution in [3.8, 4) is 0 Å². The molecule has 1 aliphatic heterocycles. The van der Waals surface area contributed by atoms with Crippen molar-refractivity contribution in [3.63, 3.8) is 0 Å². The highest BCUT2D eigenvalue weighted by Gasteiger charge is 2.19. The highest BCUT2D eigenvalue weighted by atomic mass is 79.9. The summed E-state index contributed by atoms with van der Waals surface area (Å²) < 4.78 is 13.5. The first kappa shape index (κ1) is 10.8. The van der Waals surface area contributed by atoms with E-state index in [2.05, 4.69) is 20.9 Å². The Balaban J connectivity index is 2.18. The van der Waals surface area contributed by atoms with Gasteiger partial charge in [0.25, 0.3) is 0 Å². The largest absolute Gasteiger partial charge is 0.391 e. The molecule has 0 spiro atoms. The van der Waals surface area contributed by atoms with Gasteiger partial charge in [0.15, 0.2) is 0 Å². The van der Waals surface area contributed by atoms with Crippen molar-refractivity contribution >= 4 is 21.7 Å². The predicted octanol–water partition coefficient (Wildman–Crippen LogP) is 1.94. The Morgan fingerprint density at radius 3 is 3.00 bits per heavy atom. The number of aromatic nitrogens is 1. The fraction of sp³-hybridized carbons (Fsp3) is 0.500. The summed E-state index contributed by atoms with van der Waals surface area (Å²) in [6, 6.07) is 3.39. The van der Waals surface area contributed by atoms with Crippen LogP contribution in [-0.4, -0.2) is 29.3 Å². The molecule has 1 saturated heterocycles. The third-order valence-electron chi connectivity index (χ3n) is 2.51. The zero-order valence-corrected chi connectivity index (χ0v) is 9.74. The average Bonchev–Trinajstić information content (AvgIpc) is 2.22. The molecule has 1 aromatic heterocycles. The van der Waals surface area contributed by atoms with E-state index in [-0.39, 0.29) is 6.10 Å². The van der Waals surface area contributed by atoms with Gasteiger partial charge in [-0.05, 0) is 40.9 Å². The second-order valence-corrected chi connectivity index (χ2v) is 4.54. The number of pyridine rings is 1. The number of hydrogen-bond donors (Lipinski definition) is 1. The number of aliphatic hydroxyl groups is 1. The lowest BCUT2D eigenvalue weighted by molar-refractivity contribution is 0.153. The molecule has 82 valence electrons. The van der Waals surface area contributed by atoms with E-state index < -0.39 is 5.95 Å². The molecule has 1 atom stereocenters. The van der Waals surface area contributed by atoms with Gasteiger partial charge in [0.1, 0.15) is 5.82 Å². The van der Waals surface area contributed by atoms with E-state index in [0.29, 0.717) is 16.8 Å². The van der Waals surface area contributed by atoms with Crippen LogP contribution < -0.4 is 4.90 Å². The van der Waals surface area contributed by atoms with E-state index in [1.807, 2.05) is 4.90 Å². The van der Waals surface area contributed by atoms with Gasteiger partial charge in [0, 0.05) is 13.1 Å². The number of piperidine rings is 1. The fourth-order valence-electron chi connectivity index (χ4n) is 1.75. The van der Waals surface area contributed by atoms with E-state index >= 15 is 0 Å². The van der Waals surface area contributed by atoms with Gasteiger partial charge < -0.3 is 10.0 Å². The zero-order chi connectivity index (χ0) is 10.8. The molecule has 3 nitrogen and oxygen atoms in total. The number of halogens is 2. The average molecular weight is 275 g/mol. The van der Waals surface area contributed by atoms with Crippen LogP contribution in [0.4, 0.5) is 10.2 Å². The second kappa shape index (κ2) is 4.45. The zero-order valence-electron chi connectivity index (χ0n) is 8.16. The minimum atomic E-state index is -0.507. The third kappa shape index (κ3) is 2.46. The lowest BCUT2D eigenvalue weighted by Gasteiger charge is -2.30. The number of hydrogen-bond acceptors (Lipinski definition) is 3. The molecule has 1 N–H and O–H groups in total. The van der Waals surface area contributed by atoms with Crippen LogP contribution in [-0.2, 0) is 0 Å². The number of β-amino-alcohol motifs (C(OH)–C–C–N with tert-alkyl or cyclic N) is 1. The lowest BCUT2D eigenvalue weighted by Crippen LogP contribution is -2.38. The van der Waals surface area contributed by atoms with Crippen molar-refractivity contribution in [1.29, 1.82) is 0 Å². The summed E-state index contributed by atoms with van der Waals surface area (Å²) in [5, 5.41) is 9.49. The molecule has 0 aromatic carbocycles. The molecule has 2 heterocycles. The first-order chi connectivity index (χ1) is 7.16. The molecule has 15 heavy (non-hydrogen) atoms. The summed E-state index contributed by atoms with van der Waals surface area (Å²) in [6.07, 6.45) is 1.41. The molecule has 0 amide bonds. The Bertz CT molecular complexity index is 361. The number of rotatable bonds is 1. The first-order valence-corrected chi connectivity index (χ1v) is 5.71. The Morgan fingerprint density at radius 2 is 2.33 bits per heavy atom. The van der Waals surface area contributed by atoms with Gasteiger partial charge in [-0.15, -0.1) is 0 Å². The lowest BCUT2D eigenvalue weighted by atomic mass is 10.1. The standard InChI is InChI=1S/C10H12BrFN2O/c11-8-3-4-9(13-10(8)12)14-5-1-2-7(15)6-14/h3-4,7,15H,1-2,5-6H2/t7-/m0/s1. The molecule has 1 aliphatic rings. The Hall–Kier alpha value is -0.680. The highest BCUT2D eigenvalue weighted by Crippen LogP contribution is 2.21. The van der Waals surface area contributed by atoms with Gasteiger partial charge in [-0.2, -0.15) is 4.39 Å². The van der Waals surface area contributed by atoms with Gasteiger partial charge in [-0.25, -0.2) is 4.98 Å². The SMILES string of the molecule is O[C@H]1CCCN(c2ccc(Br)c(F)n2)C1. The number of anilines is 1. The molecule has 0 saturated carbocycles. The Labute approximate surface area is 96.1 Å². The van der Waals surface area contributed by atoms with Gasteiger partial charge in [0.05, 0.1) is 10.6 Å². The van der Waals surface area contributed by atoms with Crippen molar-refractivity contribution in [1.82, 2.24) is 4.98 Å². The smallest absolute Gasteiger partial charge is 0.229 e. The maximum atomic E-state index is 13.2. The molecular formula is C10H12BrFN2O. The molecule has 0 bridgehead atoms. The first-order valence-electron chi connectivity index (χ1n) is 4.92. The van der Waals surface area contributed by atoms with E-state index in [0.717, 1.165) is 19.4 Å². The number of nitrogens with zero attached hydrogens (tertiary/aromatic N) is 2. The van der Waals surface area contributed by atoms with Crippen LogP contribution in [0.5, 0.6) is 0 Å². The molecule has 0 radical (unpaired) electrons. The van der Waals surface area contributed by atoms with Crippen LogP contribution in [0.2, 0.25) is 0 Å². The monoisotopic (exact) mass is 274 g/mol. The summed E-state index contributed by atoms with van der Waals surface area (Å²) in [7, 11) is 0. The Kier molecular flexibility index (Phi) is 3.21. The van der Waals surface area contributed by atoms with Crippen LogP contribution in [0.15, 0.2) is 16.6 Å². The van der Waals surface area contributed by atoms with Crippen LogP contribution in [0, 0.1) is 5.95 Å². The topological polar surface area (TPSA) is 36.4 Å². The van der Waals surface area contributed by atoms with Gasteiger partial charge in [-0.1, -0.05) is 0 Å². The van der Waals surface area contributed by atoms with Gasteiger partial charge >= 0.3 is 0 Å². The number of aliphatic hydroxyl groups excluding tert-OH is 1. The maximum absolute atomic E-state index is 13.2. The van der Waals surface area contributed by atoms with Crippen molar-refractivity contribution in [2.45, 2.75) is 18.9 Å². The molecule has 0 aliphatic carbocycles. The summed E-state index contributed by atoms with van der Waals surface area (Å²) in [5.41, 5.74) is 0.